The number of fused-ring (bicyclic) bond motifs is 1. The minimum absolute atomic E-state index is 0.0154. The summed E-state index contributed by atoms with van der Waals surface area (Å²) in [7, 11) is 0. The molecule has 28 heavy (non-hydrogen) atoms. The normalized spacial score (nSPS) is 20.6. The fourth-order valence-corrected chi connectivity index (χ4v) is 4.00. The molecule has 2 heterocycles. The van der Waals surface area contributed by atoms with Gasteiger partial charge in [-0.05, 0) is 49.4 Å². The van der Waals surface area contributed by atoms with E-state index in [2.05, 4.69) is 17.4 Å². The van der Waals surface area contributed by atoms with Crippen LogP contribution in [0.3, 0.4) is 0 Å². The third-order valence-corrected chi connectivity index (χ3v) is 5.41. The maximum absolute atomic E-state index is 12.6. The van der Waals surface area contributed by atoms with Crippen LogP contribution in [0.4, 0.5) is 5.69 Å². The summed E-state index contributed by atoms with van der Waals surface area (Å²) in [5.74, 6) is 1.59. The van der Waals surface area contributed by atoms with Crippen molar-refractivity contribution in [3.8, 4) is 11.5 Å². The third kappa shape index (κ3) is 4.02. The standard InChI is InChI=1S/C22H24N2O4/c1-15(25)16-4-7-18(8-5-16)23-22(26)14-24-10-2-3-19(24)17-6-9-20-21(13-17)28-12-11-27-20/h4-9,13,19H,2-3,10-12,14H2,1H3,(H,23,26)/p+1/t19-/m1/s1. The van der Waals surface area contributed by atoms with Gasteiger partial charge in [-0.2, -0.15) is 0 Å². The summed E-state index contributed by atoms with van der Waals surface area (Å²) in [4.78, 5) is 25.2. The Balaban J connectivity index is 1.41. The molecule has 0 spiro atoms. The van der Waals surface area contributed by atoms with Gasteiger partial charge in [0.05, 0.1) is 6.54 Å². The number of anilines is 1. The number of ketones is 1. The number of amides is 1. The van der Waals surface area contributed by atoms with E-state index < -0.39 is 0 Å². The highest BCUT2D eigenvalue weighted by Gasteiger charge is 2.32. The van der Waals surface area contributed by atoms with Crippen molar-refractivity contribution in [1.82, 2.24) is 0 Å². The smallest absolute Gasteiger partial charge is 0.279 e. The Labute approximate surface area is 164 Å². The number of nitrogens with one attached hydrogen (secondary N) is 2. The van der Waals surface area contributed by atoms with Gasteiger partial charge in [-0.3, -0.25) is 9.59 Å². The molecular formula is C22H25N2O4+. The summed E-state index contributed by atoms with van der Waals surface area (Å²) in [6.45, 7) is 4.06. The Bertz CT molecular complexity index is 879. The average Bonchev–Trinajstić information content (AvgIpc) is 3.16. The molecule has 0 aromatic heterocycles. The average molecular weight is 381 g/mol. The molecule has 1 saturated heterocycles. The van der Waals surface area contributed by atoms with Crippen LogP contribution in [0.1, 0.15) is 41.7 Å². The molecule has 0 saturated carbocycles. The minimum Gasteiger partial charge on any atom is -0.486 e. The molecule has 0 aliphatic carbocycles. The van der Waals surface area contributed by atoms with Crippen molar-refractivity contribution < 1.29 is 24.0 Å². The predicted molar refractivity (Wildman–Crippen MR) is 105 cm³/mol. The molecule has 0 bridgehead atoms. The molecule has 1 amide bonds. The maximum Gasteiger partial charge on any atom is 0.279 e. The molecular weight excluding hydrogens is 356 g/mol. The van der Waals surface area contributed by atoms with E-state index in [0.29, 0.717) is 31.0 Å². The number of quaternary nitrogens is 1. The van der Waals surface area contributed by atoms with E-state index in [0.717, 1.165) is 30.9 Å². The quantitative estimate of drug-likeness (QED) is 0.778. The van der Waals surface area contributed by atoms with E-state index in [9.17, 15) is 9.59 Å². The van der Waals surface area contributed by atoms with Crippen LogP contribution in [-0.4, -0.2) is 38.0 Å². The van der Waals surface area contributed by atoms with Crippen LogP contribution >= 0.6 is 0 Å². The number of hydrogen-bond donors (Lipinski definition) is 2. The Morgan fingerprint density at radius 2 is 1.82 bits per heavy atom. The van der Waals surface area contributed by atoms with Gasteiger partial charge in [0.1, 0.15) is 19.3 Å². The summed E-state index contributed by atoms with van der Waals surface area (Å²) >= 11 is 0. The number of likely N-dealkylation sites (tertiary alicyclic amines) is 1. The van der Waals surface area contributed by atoms with Crippen LogP contribution in [0.25, 0.3) is 0 Å². The maximum atomic E-state index is 12.6. The monoisotopic (exact) mass is 381 g/mol. The number of carbonyl (C=O) groups excluding carboxylic acids is 2. The highest BCUT2D eigenvalue weighted by Crippen LogP contribution is 2.33. The van der Waals surface area contributed by atoms with Crippen molar-refractivity contribution in [2.45, 2.75) is 25.8 Å². The summed E-state index contributed by atoms with van der Waals surface area (Å²) in [5.41, 5.74) is 2.54. The number of Topliss-reactive ketones (excluding diaryl/α,β-unsaturated/α-hetero) is 1. The lowest BCUT2D eigenvalue weighted by Gasteiger charge is -2.24. The number of benzene rings is 2. The second-order valence-electron chi connectivity index (χ2n) is 7.36. The van der Waals surface area contributed by atoms with E-state index in [4.69, 9.17) is 9.47 Å². The van der Waals surface area contributed by atoms with Gasteiger partial charge in [-0.15, -0.1) is 0 Å². The molecule has 0 radical (unpaired) electrons. The summed E-state index contributed by atoms with van der Waals surface area (Å²) in [5, 5.41) is 2.94. The largest absolute Gasteiger partial charge is 0.486 e. The lowest BCUT2D eigenvalue weighted by Crippen LogP contribution is -3.11. The SMILES string of the molecule is CC(=O)c1ccc(NC(=O)C[NH+]2CCC[C@@H]2c2ccc3c(c2)OCCO3)cc1. The summed E-state index contributed by atoms with van der Waals surface area (Å²) in [6, 6.07) is 13.4. The van der Waals surface area contributed by atoms with Gasteiger partial charge in [0.2, 0.25) is 0 Å². The zero-order valence-electron chi connectivity index (χ0n) is 16.0. The van der Waals surface area contributed by atoms with Gasteiger partial charge in [0.15, 0.2) is 23.8 Å². The molecule has 146 valence electrons. The lowest BCUT2D eigenvalue weighted by atomic mass is 10.0. The molecule has 6 heteroatoms. The van der Waals surface area contributed by atoms with Gasteiger partial charge < -0.3 is 19.7 Å². The number of ether oxygens (including phenoxy) is 2. The zero-order valence-corrected chi connectivity index (χ0v) is 16.0. The first-order valence-electron chi connectivity index (χ1n) is 9.75. The van der Waals surface area contributed by atoms with Gasteiger partial charge in [-0.1, -0.05) is 0 Å². The van der Waals surface area contributed by atoms with Crippen molar-refractivity contribution >= 4 is 17.4 Å². The fraction of sp³-hybridized carbons (Fsp3) is 0.364. The van der Waals surface area contributed by atoms with E-state index >= 15 is 0 Å². The van der Waals surface area contributed by atoms with E-state index in [1.165, 1.54) is 17.4 Å². The van der Waals surface area contributed by atoms with Gasteiger partial charge >= 0.3 is 0 Å². The number of carbonyl (C=O) groups is 2. The Kier molecular flexibility index (Phi) is 5.30. The van der Waals surface area contributed by atoms with Crippen molar-refractivity contribution in [2.75, 3.05) is 31.6 Å². The van der Waals surface area contributed by atoms with Crippen LogP contribution in [-0.2, 0) is 4.79 Å². The van der Waals surface area contributed by atoms with Crippen molar-refractivity contribution in [2.24, 2.45) is 0 Å². The van der Waals surface area contributed by atoms with Crippen molar-refractivity contribution in [3.05, 3.63) is 53.6 Å². The minimum atomic E-state index is -0.0185. The highest BCUT2D eigenvalue weighted by atomic mass is 16.6. The topological polar surface area (TPSA) is 69.1 Å². The van der Waals surface area contributed by atoms with Crippen LogP contribution in [0.15, 0.2) is 42.5 Å². The Hall–Kier alpha value is -2.86. The molecule has 2 aliphatic heterocycles. The van der Waals surface area contributed by atoms with Crippen molar-refractivity contribution in [3.63, 3.8) is 0 Å². The molecule has 2 aromatic carbocycles. The lowest BCUT2D eigenvalue weighted by molar-refractivity contribution is -0.910. The van der Waals surface area contributed by atoms with Crippen LogP contribution in [0, 0.1) is 0 Å². The first kappa shape index (κ1) is 18.5. The van der Waals surface area contributed by atoms with Gasteiger partial charge in [0.25, 0.3) is 5.91 Å². The van der Waals surface area contributed by atoms with E-state index in [-0.39, 0.29) is 17.7 Å². The fourth-order valence-electron chi connectivity index (χ4n) is 4.00. The number of rotatable bonds is 5. The summed E-state index contributed by atoms with van der Waals surface area (Å²) < 4.78 is 11.3. The highest BCUT2D eigenvalue weighted by molar-refractivity contribution is 5.95. The predicted octanol–water partition coefficient (Wildman–Crippen LogP) is 2.02. The molecule has 2 atom stereocenters. The Morgan fingerprint density at radius 1 is 1.07 bits per heavy atom. The second-order valence-corrected chi connectivity index (χ2v) is 7.36. The van der Waals surface area contributed by atoms with Crippen molar-refractivity contribution in [1.29, 1.82) is 0 Å². The van der Waals surface area contributed by atoms with Gasteiger partial charge in [-0.25, -0.2) is 0 Å². The second kappa shape index (κ2) is 8.02. The Morgan fingerprint density at radius 3 is 2.57 bits per heavy atom. The van der Waals surface area contributed by atoms with E-state index in [1.807, 2.05) is 6.07 Å². The molecule has 1 fully saturated rings. The molecule has 2 aromatic rings. The summed E-state index contributed by atoms with van der Waals surface area (Å²) in [6.07, 6.45) is 2.14. The van der Waals surface area contributed by atoms with Crippen LogP contribution in [0.2, 0.25) is 0 Å². The van der Waals surface area contributed by atoms with Crippen LogP contribution < -0.4 is 19.7 Å². The van der Waals surface area contributed by atoms with E-state index in [1.54, 1.807) is 24.3 Å². The molecule has 2 N–H and O–H groups in total. The first-order valence-corrected chi connectivity index (χ1v) is 9.75. The first-order chi connectivity index (χ1) is 13.6. The number of hydrogen-bond acceptors (Lipinski definition) is 4. The molecule has 6 nitrogen and oxygen atoms in total. The third-order valence-electron chi connectivity index (χ3n) is 5.41. The zero-order chi connectivity index (χ0) is 19.5. The van der Waals surface area contributed by atoms with Gasteiger partial charge in [0, 0.05) is 29.7 Å². The molecule has 2 aliphatic rings. The molecule has 4 rings (SSSR count). The van der Waals surface area contributed by atoms with Crippen LogP contribution in [0.5, 0.6) is 11.5 Å². The molecule has 1 unspecified atom stereocenters.